The average molecular weight is 517 g/mol. The third-order valence-electron chi connectivity index (χ3n) is 7.89. The van der Waals surface area contributed by atoms with E-state index in [0.29, 0.717) is 23.1 Å². The van der Waals surface area contributed by atoms with Gasteiger partial charge in [0.1, 0.15) is 11.3 Å². The highest BCUT2D eigenvalue weighted by Gasteiger charge is 2.32. The van der Waals surface area contributed by atoms with Gasteiger partial charge < -0.3 is 15.4 Å². The Bertz CT molecular complexity index is 1210. The Labute approximate surface area is 215 Å². The highest BCUT2D eigenvalue weighted by molar-refractivity contribution is 5.75. The molecule has 2 aliphatic rings. The van der Waals surface area contributed by atoms with Gasteiger partial charge in [-0.15, -0.1) is 0 Å². The van der Waals surface area contributed by atoms with Crippen LogP contribution in [0.15, 0.2) is 30.5 Å². The maximum Gasteiger partial charge on any atom is 0.416 e. The second-order valence-electron chi connectivity index (χ2n) is 10.8. The molecule has 1 aromatic carbocycles. The number of nitrogens with one attached hydrogen (secondary N) is 2. The minimum absolute atomic E-state index is 0.0844. The molecule has 0 radical (unpaired) electrons. The molecule has 2 fully saturated rings. The van der Waals surface area contributed by atoms with Crippen molar-refractivity contribution >= 4 is 22.8 Å². The van der Waals surface area contributed by atoms with Crippen molar-refractivity contribution in [3.63, 3.8) is 0 Å². The van der Waals surface area contributed by atoms with E-state index in [0.717, 1.165) is 88.3 Å². The molecule has 0 bridgehead atoms. The third-order valence-corrected chi connectivity index (χ3v) is 7.89. The number of hydrogen-bond acceptors (Lipinski definition) is 6. The molecule has 0 atom stereocenters. The highest BCUT2D eigenvalue weighted by atomic mass is 19.4. The Morgan fingerprint density at radius 3 is 2.57 bits per heavy atom. The predicted molar refractivity (Wildman–Crippen MR) is 137 cm³/mol. The smallest absolute Gasteiger partial charge is 0.381 e. The molecular formula is C27H35F3N6O. The van der Waals surface area contributed by atoms with E-state index in [2.05, 4.69) is 27.1 Å². The molecule has 0 unspecified atom stereocenters. The molecule has 200 valence electrons. The van der Waals surface area contributed by atoms with Gasteiger partial charge in [-0.25, -0.2) is 15.0 Å². The Balaban J connectivity index is 1.50. The number of imidazole rings is 1. The fraction of sp³-hybridized carbons (Fsp3) is 0.593. The number of rotatable bonds is 7. The van der Waals surface area contributed by atoms with Gasteiger partial charge in [-0.05, 0) is 81.6 Å². The first-order chi connectivity index (χ1) is 17.7. The Morgan fingerprint density at radius 1 is 1.11 bits per heavy atom. The molecule has 10 heteroatoms. The normalized spacial score (nSPS) is 22.3. The van der Waals surface area contributed by atoms with Crippen LogP contribution in [-0.2, 0) is 17.3 Å². The molecule has 3 aromatic rings. The summed E-state index contributed by atoms with van der Waals surface area (Å²) < 4.78 is 47.6. The van der Waals surface area contributed by atoms with Crippen molar-refractivity contribution in [1.82, 2.24) is 24.8 Å². The molecule has 3 heterocycles. The Morgan fingerprint density at radius 2 is 1.86 bits per heavy atom. The Kier molecular flexibility index (Phi) is 7.40. The lowest BCUT2D eigenvalue weighted by Crippen LogP contribution is -2.29. The van der Waals surface area contributed by atoms with Gasteiger partial charge in [-0.1, -0.05) is 13.0 Å². The highest BCUT2D eigenvalue weighted by Crippen LogP contribution is 2.38. The van der Waals surface area contributed by atoms with Crippen molar-refractivity contribution < 1.29 is 17.9 Å². The minimum atomic E-state index is -4.41. The van der Waals surface area contributed by atoms with Gasteiger partial charge in [0.25, 0.3) is 0 Å². The van der Waals surface area contributed by atoms with Gasteiger partial charge >= 0.3 is 6.18 Å². The molecular weight excluding hydrogens is 481 g/mol. The van der Waals surface area contributed by atoms with Crippen LogP contribution in [0.25, 0.3) is 11.2 Å². The van der Waals surface area contributed by atoms with Gasteiger partial charge in [0.05, 0.1) is 11.8 Å². The number of ether oxygens (including phenoxy) is 1. The zero-order valence-corrected chi connectivity index (χ0v) is 21.4. The number of alkyl halides is 3. The van der Waals surface area contributed by atoms with Crippen LogP contribution in [0, 0.1) is 11.3 Å². The summed E-state index contributed by atoms with van der Waals surface area (Å²) in [6.45, 7) is 4.74. The summed E-state index contributed by atoms with van der Waals surface area (Å²) >= 11 is 0. The van der Waals surface area contributed by atoms with E-state index in [1.54, 1.807) is 12.3 Å². The van der Waals surface area contributed by atoms with Crippen LogP contribution >= 0.6 is 0 Å². The lowest BCUT2D eigenvalue weighted by molar-refractivity contribution is -0.137. The van der Waals surface area contributed by atoms with Crippen LogP contribution < -0.4 is 10.6 Å². The molecule has 5 rings (SSSR count). The molecule has 0 spiro atoms. The number of nitrogens with zero attached hydrogens (tertiary/aromatic N) is 4. The number of halogens is 3. The van der Waals surface area contributed by atoms with Crippen molar-refractivity contribution in [3.05, 3.63) is 41.9 Å². The quantitative estimate of drug-likeness (QED) is 0.407. The standard InChI is InChI=1S/C27H35F3N6O/c1-26(10-12-37-13-11-26)15-23-32-17-22-24(35-23)36(21-8-6-18(7-9-21)16-31-2)25(34-22)33-20-5-3-4-19(14-20)27(28,29)30/h3-5,14,17-18,21,31H,6-13,15-16H2,1-2H3,(H,33,34). The summed E-state index contributed by atoms with van der Waals surface area (Å²) in [6.07, 6.45) is 4.09. The summed E-state index contributed by atoms with van der Waals surface area (Å²) in [5.74, 6) is 1.90. The summed E-state index contributed by atoms with van der Waals surface area (Å²) in [5.41, 5.74) is 1.12. The Hall–Kier alpha value is -2.72. The van der Waals surface area contributed by atoms with Crippen LogP contribution in [0.5, 0.6) is 0 Å². The number of anilines is 2. The lowest BCUT2D eigenvalue weighted by atomic mass is 9.79. The topological polar surface area (TPSA) is 76.9 Å². The molecule has 0 amide bonds. The van der Waals surface area contributed by atoms with Crippen LogP contribution in [0.4, 0.5) is 24.8 Å². The van der Waals surface area contributed by atoms with E-state index in [-0.39, 0.29) is 11.5 Å². The van der Waals surface area contributed by atoms with Gasteiger partial charge in [-0.2, -0.15) is 13.2 Å². The molecule has 1 saturated carbocycles. The SMILES string of the molecule is CNCC1CCC(n2c(Nc3cccc(C(F)(F)F)c3)nc3cnc(CC4(C)CCOCC4)nc32)CC1. The zero-order chi connectivity index (χ0) is 26.0. The number of hydrogen-bond donors (Lipinski definition) is 2. The van der Waals surface area contributed by atoms with E-state index in [9.17, 15) is 13.2 Å². The molecule has 1 saturated heterocycles. The first kappa shape index (κ1) is 25.9. The molecule has 1 aliphatic carbocycles. The second-order valence-corrected chi connectivity index (χ2v) is 10.8. The van der Waals surface area contributed by atoms with Gasteiger partial charge in [0, 0.05) is 31.4 Å². The van der Waals surface area contributed by atoms with Crippen molar-refractivity contribution in [2.45, 2.75) is 64.1 Å². The summed E-state index contributed by atoms with van der Waals surface area (Å²) in [4.78, 5) is 14.4. The van der Waals surface area contributed by atoms with Crippen molar-refractivity contribution in [3.8, 4) is 0 Å². The predicted octanol–water partition coefficient (Wildman–Crippen LogP) is 5.90. The van der Waals surface area contributed by atoms with Crippen LogP contribution in [-0.4, -0.2) is 46.3 Å². The average Bonchev–Trinajstić information content (AvgIpc) is 3.21. The molecule has 2 aromatic heterocycles. The molecule has 1 aliphatic heterocycles. The van der Waals surface area contributed by atoms with E-state index >= 15 is 0 Å². The fourth-order valence-electron chi connectivity index (χ4n) is 5.67. The first-order valence-electron chi connectivity index (χ1n) is 13.1. The second kappa shape index (κ2) is 10.6. The van der Waals surface area contributed by atoms with Crippen LogP contribution in [0.3, 0.4) is 0 Å². The minimum Gasteiger partial charge on any atom is -0.381 e. The van der Waals surface area contributed by atoms with E-state index < -0.39 is 11.7 Å². The number of benzene rings is 1. The molecule has 7 nitrogen and oxygen atoms in total. The molecule has 37 heavy (non-hydrogen) atoms. The van der Waals surface area contributed by atoms with E-state index in [1.807, 2.05) is 7.05 Å². The van der Waals surface area contributed by atoms with Gasteiger partial charge in [0.2, 0.25) is 5.95 Å². The van der Waals surface area contributed by atoms with E-state index in [4.69, 9.17) is 14.7 Å². The largest absolute Gasteiger partial charge is 0.416 e. The van der Waals surface area contributed by atoms with Crippen molar-refractivity contribution in [1.29, 1.82) is 0 Å². The van der Waals surface area contributed by atoms with Gasteiger partial charge in [-0.3, -0.25) is 4.57 Å². The number of aromatic nitrogens is 4. The monoisotopic (exact) mass is 516 g/mol. The maximum atomic E-state index is 13.3. The van der Waals surface area contributed by atoms with E-state index in [1.165, 1.54) is 6.07 Å². The number of fused-ring (bicyclic) bond motifs is 1. The van der Waals surface area contributed by atoms with Crippen molar-refractivity contribution in [2.75, 3.05) is 32.1 Å². The maximum absolute atomic E-state index is 13.3. The lowest BCUT2D eigenvalue weighted by Gasteiger charge is -2.33. The summed E-state index contributed by atoms with van der Waals surface area (Å²) in [5, 5.41) is 6.45. The first-order valence-corrected chi connectivity index (χ1v) is 13.1. The fourth-order valence-corrected chi connectivity index (χ4v) is 5.67. The van der Waals surface area contributed by atoms with Crippen molar-refractivity contribution in [2.24, 2.45) is 11.3 Å². The summed E-state index contributed by atoms with van der Waals surface area (Å²) in [7, 11) is 1.98. The van der Waals surface area contributed by atoms with Crippen LogP contribution in [0.1, 0.15) is 62.9 Å². The third kappa shape index (κ3) is 5.90. The van der Waals surface area contributed by atoms with Gasteiger partial charge in [0.15, 0.2) is 5.65 Å². The summed E-state index contributed by atoms with van der Waals surface area (Å²) in [6, 6.07) is 5.40. The molecule has 2 N–H and O–H groups in total. The zero-order valence-electron chi connectivity index (χ0n) is 21.4. The van der Waals surface area contributed by atoms with Crippen LogP contribution in [0.2, 0.25) is 0 Å².